The van der Waals surface area contributed by atoms with Crippen molar-refractivity contribution in [3.05, 3.63) is 71.1 Å². The number of pyridine rings is 1. The Labute approximate surface area is 120 Å². The summed E-state index contributed by atoms with van der Waals surface area (Å²) >= 11 is 5.82. The van der Waals surface area contributed by atoms with Crippen LogP contribution >= 0.6 is 11.6 Å². The van der Waals surface area contributed by atoms with Crippen LogP contribution in [0, 0.1) is 5.82 Å². The van der Waals surface area contributed by atoms with E-state index in [0.29, 0.717) is 16.3 Å². The lowest BCUT2D eigenvalue weighted by Gasteiger charge is -2.09. The van der Waals surface area contributed by atoms with E-state index in [4.69, 9.17) is 16.3 Å². The molecule has 0 bridgehead atoms. The average molecular weight is 288 g/mol. The second-order valence-corrected chi connectivity index (χ2v) is 4.83. The number of ether oxygens (including phenoxy) is 1. The predicted octanol–water partition coefficient (Wildman–Crippen LogP) is 4.61. The highest BCUT2D eigenvalue weighted by atomic mass is 35.5. The van der Waals surface area contributed by atoms with Gasteiger partial charge in [-0.3, -0.25) is 4.98 Å². The smallest absolute Gasteiger partial charge is 0.146 e. The molecule has 3 rings (SSSR count). The Kier molecular flexibility index (Phi) is 3.52. The highest BCUT2D eigenvalue weighted by Crippen LogP contribution is 2.24. The van der Waals surface area contributed by atoms with Crippen LogP contribution in [0.2, 0.25) is 5.02 Å². The van der Waals surface area contributed by atoms with Crippen molar-refractivity contribution in [2.45, 2.75) is 6.61 Å². The fourth-order valence-electron chi connectivity index (χ4n) is 2.05. The van der Waals surface area contributed by atoms with Crippen molar-refractivity contribution in [3.63, 3.8) is 0 Å². The minimum absolute atomic E-state index is 0.243. The van der Waals surface area contributed by atoms with E-state index in [9.17, 15) is 4.39 Å². The van der Waals surface area contributed by atoms with Crippen LogP contribution in [0.25, 0.3) is 10.9 Å². The highest BCUT2D eigenvalue weighted by molar-refractivity contribution is 6.30. The topological polar surface area (TPSA) is 22.1 Å². The summed E-state index contributed by atoms with van der Waals surface area (Å²) in [6.45, 7) is 0.243. The summed E-state index contributed by atoms with van der Waals surface area (Å²) in [6, 6.07) is 13.9. The summed E-state index contributed by atoms with van der Waals surface area (Å²) in [4.78, 5) is 4.30. The van der Waals surface area contributed by atoms with Gasteiger partial charge in [0.05, 0.1) is 0 Å². The van der Waals surface area contributed by atoms with Gasteiger partial charge in [-0.2, -0.15) is 0 Å². The number of para-hydroxylation sites is 1. The second-order valence-electron chi connectivity index (χ2n) is 4.40. The van der Waals surface area contributed by atoms with Crippen LogP contribution in [0.4, 0.5) is 4.39 Å². The molecule has 0 radical (unpaired) electrons. The maximum absolute atomic E-state index is 13.3. The van der Waals surface area contributed by atoms with Crippen LogP contribution < -0.4 is 4.74 Å². The molecular formula is C16H11ClFNO. The molecule has 0 aliphatic carbocycles. The summed E-state index contributed by atoms with van der Waals surface area (Å²) in [5.74, 6) is 0.302. The van der Waals surface area contributed by atoms with Crippen molar-refractivity contribution in [1.82, 2.24) is 4.98 Å². The molecule has 3 aromatic rings. The van der Waals surface area contributed by atoms with Crippen LogP contribution in [0.1, 0.15) is 5.56 Å². The lowest BCUT2D eigenvalue weighted by Crippen LogP contribution is -1.97. The molecule has 0 saturated heterocycles. The Morgan fingerprint density at radius 3 is 2.80 bits per heavy atom. The van der Waals surface area contributed by atoms with Crippen LogP contribution in [-0.2, 0) is 6.61 Å². The molecule has 2 aromatic carbocycles. The molecule has 100 valence electrons. The molecule has 20 heavy (non-hydrogen) atoms. The Hall–Kier alpha value is -2.13. The number of aromatic nitrogens is 1. The average Bonchev–Trinajstić information content (AvgIpc) is 2.44. The number of halogens is 2. The first-order chi connectivity index (χ1) is 9.72. The van der Waals surface area contributed by atoms with Gasteiger partial charge in [0, 0.05) is 16.6 Å². The van der Waals surface area contributed by atoms with Gasteiger partial charge in [0.25, 0.3) is 0 Å². The molecule has 0 unspecified atom stereocenters. The van der Waals surface area contributed by atoms with Gasteiger partial charge < -0.3 is 4.74 Å². The molecule has 0 fully saturated rings. The van der Waals surface area contributed by atoms with Crippen molar-refractivity contribution in [1.29, 1.82) is 0 Å². The molecule has 1 heterocycles. The molecule has 4 heteroatoms. The number of benzene rings is 2. The van der Waals surface area contributed by atoms with Gasteiger partial charge >= 0.3 is 0 Å². The predicted molar refractivity (Wildman–Crippen MR) is 77.5 cm³/mol. The van der Waals surface area contributed by atoms with Gasteiger partial charge in [-0.1, -0.05) is 29.8 Å². The minimum Gasteiger partial charge on any atom is -0.487 e. The summed E-state index contributed by atoms with van der Waals surface area (Å²) in [6.07, 6.45) is 1.72. The van der Waals surface area contributed by atoms with E-state index < -0.39 is 0 Å². The number of hydrogen-bond donors (Lipinski definition) is 0. The summed E-state index contributed by atoms with van der Waals surface area (Å²) in [5, 5.41) is 1.36. The zero-order valence-corrected chi connectivity index (χ0v) is 11.3. The van der Waals surface area contributed by atoms with Gasteiger partial charge in [0.2, 0.25) is 0 Å². The van der Waals surface area contributed by atoms with E-state index in [2.05, 4.69) is 4.98 Å². The van der Waals surface area contributed by atoms with Crippen molar-refractivity contribution in [3.8, 4) is 5.75 Å². The second kappa shape index (κ2) is 5.47. The standard InChI is InChI=1S/C16H11ClFNO/c17-13-7-11(8-14(18)9-13)10-20-15-5-1-3-12-4-2-6-19-16(12)15/h1-9H,10H2. The van der Waals surface area contributed by atoms with Gasteiger partial charge in [0.1, 0.15) is 23.7 Å². The first kappa shape index (κ1) is 12.9. The van der Waals surface area contributed by atoms with E-state index >= 15 is 0 Å². The largest absolute Gasteiger partial charge is 0.487 e. The molecule has 0 amide bonds. The van der Waals surface area contributed by atoms with E-state index in [1.165, 1.54) is 12.1 Å². The van der Waals surface area contributed by atoms with Gasteiger partial charge in [0.15, 0.2) is 0 Å². The van der Waals surface area contributed by atoms with Gasteiger partial charge in [-0.25, -0.2) is 4.39 Å². The SMILES string of the molecule is Fc1cc(Cl)cc(COc2cccc3cccnc23)c1. The number of nitrogens with zero attached hydrogens (tertiary/aromatic N) is 1. The molecule has 0 saturated carbocycles. The van der Waals surface area contributed by atoms with Crippen molar-refractivity contribution < 1.29 is 9.13 Å². The first-order valence-electron chi connectivity index (χ1n) is 6.14. The molecule has 0 atom stereocenters. The third-order valence-electron chi connectivity index (χ3n) is 2.91. The fourth-order valence-corrected chi connectivity index (χ4v) is 2.29. The van der Waals surface area contributed by atoms with Crippen LogP contribution in [0.5, 0.6) is 5.75 Å². The highest BCUT2D eigenvalue weighted by Gasteiger charge is 2.04. The van der Waals surface area contributed by atoms with E-state index in [0.717, 1.165) is 10.9 Å². The van der Waals surface area contributed by atoms with Crippen molar-refractivity contribution >= 4 is 22.5 Å². The van der Waals surface area contributed by atoms with E-state index in [1.54, 1.807) is 12.3 Å². The molecule has 1 aromatic heterocycles. The monoisotopic (exact) mass is 287 g/mol. The molecule has 0 spiro atoms. The van der Waals surface area contributed by atoms with Crippen molar-refractivity contribution in [2.75, 3.05) is 0 Å². The maximum atomic E-state index is 13.3. The normalized spacial score (nSPS) is 10.7. The lowest BCUT2D eigenvalue weighted by molar-refractivity contribution is 0.309. The molecule has 0 aliphatic heterocycles. The maximum Gasteiger partial charge on any atom is 0.146 e. The zero-order chi connectivity index (χ0) is 13.9. The summed E-state index contributed by atoms with van der Waals surface area (Å²) in [7, 11) is 0. The van der Waals surface area contributed by atoms with Crippen LogP contribution in [-0.4, -0.2) is 4.98 Å². The molecule has 2 nitrogen and oxygen atoms in total. The summed E-state index contributed by atoms with van der Waals surface area (Å²) in [5.41, 5.74) is 1.47. The Bertz CT molecular complexity index is 735. The number of rotatable bonds is 3. The molecule has 0 N–H and O–H groups in total. The Morgan fingerprint density at radius 1 is 1.10 bits per heavy atom. The third-order valence-corrected chi connectivity index (χ3v) is 3.13. The van der Waals surface area contributed by atoms with Crippen molar-refractivity contribution in [2.24, 2.45) is 0 Å². The lowest BCUT2D eigenvalue weighted by atomic mass is 10.2. The zero-order valence-electron chi connectivity index (χ0n) is 10.5. The summed E-state index contributed by atoms with van der Waals surface area (Å²) < 4.78 is 19.0. The minimum atomic E-state index is -0.368. The Morgan fingerprint density at radius 2 is 1.95 bits per heavy atom. The molecular weight excluding hydrogens is 277 g/mol. The molecule has 0 aliphatic rings. The fraction of sp³-hybridized carbons (Fsp3) is 0.0625. The van der Waals surface area contributed by atoms with Gasteiger partial charge in [-0.15, -0.1) is 0 Å². The van der Waals surface area contributed by atoms with E-state index in [1.807, 2.05) is 30.3 Å². The first-order valence-corrected chi connectivity index (χ1v) is 6.52. The number of hydrogen-bond acceptors (Lipinski definition) is 2. The van der Waals surface area contributed by atoms with E-state index in [-0.39, 0.29) is 12.4 Å². The Balaban J connectivity index is 1.87. The quantitative estimate of drug-likeness (QED) is 0.702. The van der Waals surface area contributed by atoms with Crippen LogP contribution in [0.3, 0.4) is 0 Å². The van der Waals surface area contributed by atoms with Crippen LogP contribution in [0.15, 0.2) is 54.7 Å². The third kappa shape index (κ3) is 2.73. The van der Waals surface area contributed by atoms with Gasteiger partial charge in [-0.05, 0) is 35.9 Å². The number of fused-ring (bicyclic) bond motifs is 1.